The van der Waals surface area contributed by atoms with Crippen LogP contribution in [-0.4, -0.2) is 24.7 Å². The van der Waals surface area contributed by atoms with E-state index in [4.69, 9.17) is 22.1 Å². The highest BCUT2D eigenvalue weighted by atomic mass is 35.5. The van der Waals surface area contributed by atoms with Gasteiger partial charge in [0.2, 0.25) is 0 Å². The maximum Gasteiger partial charge on any atom is 0.137 e. The fourth-order valence-electron chi connectivity index (χ4n) is 1.47. The van der Waals surface area contributed by atoms with Gasteiger partial charge in [0.1, 0.15) is 5.75 Å². The van der Waals surface area contributed by atoms with Crippen molar-refractivity contribution in [3.63, 3.8) is 0 Å². The summed E-state index contributed by atoms with van der Waals surface area (Å²) >= 11 is 8.06. The van der Waals surface area contributed by atoms with Gasteiger partial charge in [0.15, 0.2) is 0 Å². The summed E-state index contributed by atoms with van der Waals surface area (Å²) in [6.45, 7) is 3.53. The maximum absolute atomic E-state index is 6.13. The van der Waals surface area contributed by atoms with E-state index in [1.807, 2.05) is 30.0 Å². The van der Waals surface area contributed by atoms with E-state index in [2.05, 4.69) is 6.92 Å². The Bertz CT molecular complexity index is 333. The molecule has 2 nitrogen and oxygen atoms in total. The number of hydrogen-bond acceptors (Lipinski definition) is 3. The molecule has 0 amide bonds. The molecule has 0 bridgehead atoms. The van der Waals surface area contributed by atoms with E-state index in [9.17, 15) is 0 Å². The van der Waals surface area contributed by atoms with Gasteiger partial charge in [-0.15, -0.1) is 0 Å². The number of benzene rings is 1. The molecule has 0 aliphatic heterocycles. The predicted octanol–water partition coefficient (Wildman–Crippen LogP) is 3.36. The standard InChI is InChI=1S/C13H20ClNOS/c1-2-17-9-3-8-16-13-5-4-11(6-7-15)10-12(13)14/h4-5,10H,2-3,6-9,15H2,1H3. The number of nitrogens with two attached hydrogens (primary N) is 1. The first-order chi connectivity index (χ1) is 8.27. The molecule has 0 aliphatic carbocycles. The molecule has 0 saturated carbocycles. The van der Waals surface area contributed by atoms with Gasteiger partial charge >= 0.3 is 0 Å². The zero-order chi connectivity index (χ0) is 12.5. The maximum atomic E-state index is 6.13. The lowest BCUT2D eigenvalue weighted by atomic mass is 10.1. The Labute approximate surface area is 113 Å². The molecular weight excluding hydrogens is 254 g/mol. The van der Waals surface area contributed by atoms with Crippen molar-refractivity contribution in [3.8, 4) is 5.75 Å². The number of halogens is 1. The minimum Gasteiger partial charge on any atom is -0.492 e. The van der Waals surface area contributed by atoms with Gasteiger partial charge in [0.05, 0.1) is 11.6 Å². The molecule has 0 aliphatic rings. The number of rotatable bonds is 8. The summed E-state index contributed by atoms with van der Waals surface area (Å²) in [5.41, 5.74) is 6.66. The third-order valence-corrected chi connectivity index (χ3v) is 3.60. The quantitative estimate of drug-likeness (QED) is 0.738. The van der Waals surface area contributed by atoms with Crippen LogP contribution in [0.15, 0.2) is 18.2 Å². The second kappa shape index (κ2) is 8.67. The Morgan fingerprint density at radius 1 is 1.41 bits per heavy atom. The summed E-state index contributed by atoms with van der Waals surface area (Å²) in [5.74, 6) is 3.07. The van der Waals surface area contributed by atoms with E-state index in [0.717, 1.165) is 42.3 Å². The van der Waals surface area contributed by atoms with Gasteiger partial charge in [-0.25, -0.2) is 0 Å². The van der Waals surface area contributed by atoms with Gasteiger partial charge in [-0.05, 0) is 48.6 Å². The smallest absolute Gasteiger partial charge is 0.137 e. The van der Waals surface area contributed by atoms with Crippen molar-refractivity contribution in [2.24, 2.45) is 5.73 Å². The Balaban J connectivity index is 2.38. The molecule has 2 N–H and O–H groups in total. The third kappa shape index (κ3) is 5.66. The summed E-state index contributed by atoms with van der Waals surface area (Å²) in [5, 5.41) is 0.680. The lowest BCUT2D eigenvalue weighted by molar-refractivity contribution is 0.319. The first-order valence-electron chi connectivity index (χ1n) is 5.97. The monoisotopic (exact) mass is 273 g/mol. The fourth-order valence-corrected chi connectivity index (χ4v) is 2.34. The molecule has 1 aromatic rings. The zero-order valence-electron chi connectivity index (χ0n) is 10.2. The summed E-state index contributed by atoms with van der Waals surface area (Å²) in [6, 6.07) is 5.89. The molecule has 0 aromatic heterocycles. The van der Waals surface area contributed by atoms with Crippen LogP contribution >= 0.6 is 23.4 Å². The van der Waals surface area contributed by atoms with Gasteiger partial charge in [-0.3, -0.25) is 0 Å². The third-order valence-electron chi connectivity index (χ3n) is 2.32. The van der Waals surface area contributed by atoms with E-state index < -0.39 is 0 Å². The van der Waals surface area contributed by atoms with Crippen LogP contribution in [0.5, 0.6) is 5.75 Å². The van der Waals surface area contributed by atoms with Crippen molar-refractivity contribution in [1.29, 1.82) is 0 Å². The van der Waals surface area contributed by atoms with E-state index in [0.29, 0.717) is 11.6 Å². The number of hydrogen-bond donors (Lipinski definition) is 1. The Morgan fingerprint density at radius 2 is 2.24 bits per heavy atom. The largest absolute Gasteiger partial charge is 0.492 e. The molecular formula is C13H20ClNOS. The molecule has 0 radical (unpaired) electrons. The molecule has 0 unspecified atom stereocenters. The average Bonchev–Trinajstić information content (AvgIpc) is 2.32. The van der Waals surface area contributed by atoms with Crippen LogP contribution in [0.3, 0.4) is 0 Å². The van der Waals surface area contributed by atoms with E-state index >= 15 is 0 Å². The number of ether oxygens (including phenoxy) is 1. The Hall–Kier alpha value is -0.380. The second-order valence-corrected chi connectivity index (χ2v) is 5.50. The fraction of sp³-hybridized carbons (Fsp3) is 0.538. The van der Waals surface area contributed by atoms with Crippen LogP contribution in [-0.2, 0) is 6.42 Å². The Morgan fingerprint density at radius 3 is 2.88 bits per heavy atom. The predicted molar refractivity (Wildman–Crippen MR) is 77.3 cm³/mol. The average molecular weight is 274 g/mol. The van der Waals surface area contributed by atoms with Crippen LogP contribution in [0.1, 0.15) is 18.9 Å². The SMILES string of the molecule is CCSCCCOc1ccc(CCN)cc1Cl. The van der Waals surface area contributed by atoms with Crippen LogP contribution in [0, 0.1) is 0 Å². The van der Waals surface area contributed by atoms with E-state index in [-0.39, 0.29) is 0 Å². The summed E-state index contributed by atoms with van der Waals surface area (Å²) < 4.78 is 5.64. The van der Waals surface area contributed by atoms with Crippen LogP contribution in [0.2, 0.25) is 5.02 Å². The van der Waals surface area contributed by atoms with Gasteiger partial charge < -0.3 is 10.5 Å². The first kappa shape index (κ1) is 14.7. The van der Waals surface area contributed by atoms with Gasteiger partial charge in [-0.2, -0.15) is 11.8 Å². The Kier molecular flexibility index (Phi) is 7.49. The minimum absolute atomic E-state index is 0.644. The van der Waals surface area contributed by atoms with Crippen molar-refractivity contribution >= 4 is 23.4 Å². The van der Waals surface area contributed by atoms with Crippen molar-refractivity contribution in [2.75, 3.05) is 24.7 Å². The summed E-state index contributed by atoms with van der Waals surface area (Å²) in [7, 11) is 0. The van der Waals surface area contributed by atoms with Crippen molar-refractivity contribution in [1.82, 2.24) is 0 Å². The van der Waals surface area contributed by atoms with Gasteiger partial charge in [0, 0.05) is 0 Å². The summed E-state index contributed by atoms with van der Waals surface area (Å²) in [6.07, 6.45) is 1.91. The molecule has 0 fully saturated rings. The van der Waals surface area contributed by atoms with Gasteiger partial charge in [-0.1, -0.05) is 24.6 Å². The normalized spacial score (nSPS) is 10.5. The topological polar surface area (TPSA) is 35.2 Å². The lowest BCUT2D eigenvalue weighted by Crippen LogP contribution is -2.03. The second-order valence-electron chi connectivity index (χ2n) is 3.70. The molecule has 1 aromatic carbocycles. The highest BCUT2D eigenvalue weighted by Crippen LogP contribution is 2.25. The van der Waals surface area contributed by atoms with Crippen LogP contribution in [0.4, 0.5) is 0 Å². The van der Waals surface area contributed by atoms with Gasteiger partial charge in [0.25, 0.3) is 0 Å². The van der Waals surface area contributed by atoms with Crippen LogP contribution < -0.4 is 10.5 Å². The molecule has 1 rings (SSSR count). The zero-order valence-corrected chi connectivity index (χ0v) is 11.8. The highest BCUT2D eigenvalue weighted by Gasteiger charge is 2.02. The van der Waals surface area contributed by atoms with E-state index in [1.54, 1.807) is 0 Å². The van der Waals surface area contributed by atoms with Crippen LogP contribution in [0.25, 0.3) is 0 Å². The lowest BCUT2D eigenvalue weighted by Gasteiger charge is -2.09. The molecule has 0 spiro atoms. The molecule has 17 heavy (non-hydrogen) atoms. The highest BCUT2D eigenvalue weighted by molar-refractivity contribution is 7.99. The summed E-state index contributed by atoms with van der Waals surface area (Å²) in [4.78, 5) is 0. The molecule has 96 valence electrons. The molecule has 0 heterocycles. The molecule has 0 atom stereocenters. The van der Waals surface area contributed by atoms with Crippen molar-refractivity contribution in [3.05, 3.63) is 28.8 Å². The first-order valence-corrected chi connectivity index (χ1v) is 7.50. The van der Waals surface area contributed by atoms with Crippen molar-refractivity contribution in [2.45, 2.75) is 19.8 Å². The van der Waals surface area contributed by atoms with Crippen molar-refractivity contribution < 1.29 is 4.74 Å². The number of thioether (sulfide) groups is 1. The van der Waals surface area contributed by atoms with E-state index in [1.165, 1.54) is 0 Å². The molecule has 4 heteroatoms. The molecule has 0 saturated heterocycles. The minimum atomic E-state index is 0.644.